The summed E-state index contributed by atoms with van der Waals surface area (Å²) in [6.07, 6.45) is -0.0997. The number of carbonyl (C=O) groups is 1. The molecule has 0 aliphatic carbocycles. The Morgan fingerprint density at radius 3 is 2.68 bits per heavy atom. The normalized spacial score (nSPS) is 11.9. The monoisotopic (exact) mass is 286 g/mol. The number of benzene rings is 1. The van der Waals surface area contributed by atoms with Gasteiger partial charge in [-0.05, 0) is 26.0 Å². The Hall–Kier alpha value is -1.82. The first-order chi connectivity index (χ1) is 8.86. The summed E-state index contributed by atoms with van der Waals surface area (Å²) >= 11 is 5.87. The first-order valence-corrected chi connectivity index (χ1v) is 6.17. The van der Waals surface area contributed by atoms with E-state index in [1.807, 2.05) is 6.92 Å². The highest BCUT2D eigenvalue weighted by atomic mass is 35.5. The van der Waals surface area contributed by atoms with Crippen LogP contribution in [-0.4, -0.2) is 28.6 Å². The first-order valence-electron chi connectivity index (χ1n) is 5.79. The van der Waals surface area contributed by atoms with E-state index in [9.17, 15) is 14.9 Å². The fourth-order valence-electron chi connectivity index (χ4n) is 1.96. The average molecular weight is 287 g/mol. The summed E-state index contributed by atoms with van der Waals surface area (Å²) in [5.41, 5.74) is 0.261. The summed E-state index contributed by atoms with van der Waals surface area (Å²) in [6, 6.07) is 3.90. The summed E-state index contributed by atoms with van der Waals surface area (Å²) in [6.45, 7) is 3.97. The highest BCUT2D eigenvalue weighted by Gasteiger charge is 2.23. The number of aliphatic carboxylic acids is 1. The summed E-state index contributed by atoms with van der Waals surface area (Å²) in [5.74, 6) is -0.948. The number of anilines is 1. The van der Waals surface area contributed by atoms with Crippen LogP contribution in [0.2, 0.25) is 5.02 Å². The lowest BCUT2D eigenvalue weighted by Crippen LogP contribution is -2.35. The van der Waals surface area contributed by atoms with Gasteiger partial charge in [-0.25, -0.2) is 0 Å². The molecule has 1 aromatic carbocycles. The van der Waals surface area contributed by atoms with Crippen molar-refractivity contribution < 1.29 is 14.8 Å². The van der Waals surface area contributed by atoms with Crippen molar-refractivity contribution in [2.45, 2.75) is 26.3 Å². The van der Waals surface area contributed by atoms with Gasteiger partial charge in [-0.15, -0.1) is 0 Å². The minimum Gasteiger partial charge on any atom is -0.481 e. The van der Waals surface area contributed by atoms with E-state index in [4.69, 9.17) is 16.7 Å². The SMILES string of the molecule is CCN(c1cc(Cl)ccc1[N+](=O)[O-])C(C)CC(=O)O. The van der Waals surface area contributed by atoms with Gasteiger partial charge in [0.2, 0.25) is 0 Å². The highest BCUT2D eigenvalue weighted by Crippen LogP contribution is 2.32. The Balaban J connectivity index is 3.19. The lowest BCUT2D eigenvalue weighted by atomic mass is 10.1. The Labute approximate surface area is 115 Å². The number of halogens is 1. The van der Waals surface area contributed by atoms with Crippen molar-refractivity contribution in [3.63, 3.8) is 0 Å². The van der Waals surface area contributed by atoms with Crippen LogP contribution in [0.15, 0.2) is 18.2 Å². The number of nitrogens with zero attached hydrogens (tertiary/aromatic N) is 2. The molecule has 0 aromatic heterocycles. The largest absolute Gasteiger partial charge is 0.481 e. The lowest BCUT2D eigenvalue weighted by molar-refractivity contribution is -0.384. The zero-order valence-corrected chi connectivity index (χ0v) is 11.4. The molecule has 0 radical (unpaired) electrons. The van der Waals surface area contributed by atoms with Gasteiger partial charge in [-0.3, -0.25) is 14.9 Å². The topological polar surface area (TPSA) is 83.7 Å². The maximum absolute atomic E-state index is 11.0. The van der Waals surface area contributed by atoms with E-state index in [2.05, 4.69) is 0 Å². The van der Waals surface area contributed by atoms with E-state index < -0.39 is 10.9 Å². The lowest BCUT2D eigenvalue weighted by Gasteiger charge is -2.28. The van der Waals surface area contributed by atoms with Crippen molar-refractivity contribution in [3.05, 3.63) is 33.3 Å². The molecule has 0 amide bonds. The number of nitro benzene ring substituents is 1. The predicted molar refractivity (Wildman–Crippen MR) is 72.8 cm³/mol. The molecular weight excluding hydrogens is 272 g/mol. The second-order valence-corrected chi connectivity index (χ2v) is 4.56. The molecule has 1 rings (SSSR count). The number of carboxylic acids is 1. The van der Waals surface area contributed by atoms with Crippen molar-refractivity contribution in [2.24, 2.45) is 0 Å². The molecule has 0 aliphatic heterocycles. The Kier molecular flexibility index (Phi) is 5.11. The van der Waals surface area contributed by atoms with E-state index in [0.29, 0.717) is 17.3 Å². The molecule has 1 aromatic rings. The molecule has 1 atom stereocenters. The fourth-order valence-corrected chi connectivity index (χ4v) is 2.13. The molecule has 0 bridgehead atoms. The molecule has 0 saturated carbocycles. The number of carboxylic acid groups (broad SMARTS) is 1. The third kappa shape index (κ3) is 3.82. The molecule has 0 fully saturated rings. The van der Waals surface area contributed by atoms with Crippen LogP contribution in [0.4, 0.5) is 11.4 Å². The molecule has 19 heavy (non-hydrogen) atoms. The van der Waals surface area contributed by atoms with Gasteiger partial charge in [-0.1, -0.05) is 11.6 Å². The second kappa shape index (κ2) is 6.38. The maximum atomic E-state index is 11.0. The van der Waals surface area contributed by atoms with Crippen LogP contribution in [-0.2, 0) is 4.79 Å². The number of hydrogen-bond donors (Lipinski definition) is 1. The van der Waals surface area contributed by atoms with Crippen LogP contribution in [0.25, 0.3) is 0 Å². The Morgan fingerprint density at radius 2 is 2.21 bits per heavy atom. The van der Waals surface area contributed by atoms with Crippen LogP contribution in [0.3, 0.4) is 0 Å². The number of nitro groups is 1. The Bertz CT molecular complexity index is 493. The van der Waals surface area contributed by atoms with Crippen LogP contribution in [0, 0.1) is 10.1 Å². The zero-order valence-electron chi connectivity index (χ0n) is 10.7. The van der Waals surface area contributed by atoms with Crippen LogP contribution >= 0.6 is 11.6 Å². The summed E-state index contributed by atoms with van der Waals surface area (Å²) in [7, 11) is 0. The third-order valence-corrected chi connectivity index (χ3v) is 3.02. The smallest absolute Gasteiger partial charge is 0.305 e. The molecule has 0 heterocycles. The molecule has 0 spiro atoms. The zero-order chi connectivity index (χ0) is 14.6. The van der Waals surface area contributed by atoms with Gasteiger partial charge in [0.15, 0.2) is 0 Å². The van der Waals surface area contributed by atoms with E-state index in [1.54, 1.807) is 11.8 Å². The molecule has 0 saturated heterocycles. The highest BCUT2D eigenvalue weighted by molar-refractivity contribution is 6.31. The molecule has 6 nitrogen and oxygen atoms in total. The van der Waals surface area contributed by atoms with Crippen LogP contribution in [0.5, 0.6) is 0 Å². The molecule has 1 unspecified atom stereocenters. The fraction of sp³-hybridized carbons (Fsp3) is 0.417. The van der Waals surface area contributed by atoms with Crippen LogP contribution in [0.1, 0.15) is 20.3 Å². The van der Waals surface area contributed by atoms with Crippen molar-refractivity contribution in [1.29, 1.82) is 0 Å². The van der Waals surface area contributed by atoms with E-state index in [0.717, 1.165) is 0 Å². The van der Waals surface area contributed by atoms with Crippen LogP contribution < -0.4 is 4.90 Å². The van der Waals surface area contributed by atoms with E-state index in [1.165, 1.54) is 18.2 Å². The average Bonchev–Trinajstić information content (AvgIpc) is 2.28. The van der Waals surface area contributed by atoms with Gasteiger partial charge in [-0.2, -0.15) is 0 Å². The molecular formula is C12H15ClN2O4. The number of rotatable bonds is 6. The standard InChI is InChI=1S/C12H15ClN2O4/c1-3-14(8(2)6-12(16)17)11-7-9(13)4-5-10(11)15(18)19/h4-5,7-8H,3,6H2,1-2H3,(H,16,17). The van der Waals surface area contributed by atoms with Crippen molar-refractivity contribution in [3.8, 4) is 0 Å². The van der Waals surface area contributed by atoms with Gasteiger partial charge in [0.05, 0.1) is 11.3 Å². The van der Waals surface area contributed by atoms with Crippen molar-refractivity contribution >= 4 is 28.9 Å². The number of hydrogen-bond acceptors (Lipinski definition) is 4. The maximum Gasteiger partial charge on any atom is 0.305 e. The van der Waals surface area contributed by atoms with Gasteiger partial charge >= 0.3 is 5.97 Å². The van der Waals surface area contributed by atoms with Gasteiger partial charge in [0.1, 0.15) is 5.69 Å². The van der Waals surface area contributed by atoms with Gasteiger partial charge in [0, 0.05) is 23.7 Å². The van der Waals surface area contributed by atoms with Crippen molar-refractivity contribution in [1.82, 2.24) is 0 Å². The van der Waals surface area contributed by atoms with E-state index >= 15 is 0 Å². The summed E-state index contributed by atoms with van der Waals surface area (Å²) in [4.78, 5) is 22.9. The molecule has 104 valence electrons. The second-order valence-electron chi connectivity index (χ2n) is 4.12. The van der Waals surface area contributed by atoms with Gasteiger partial charge < -0.3 is 10.0 Å². The predicted octanol–water partition coefficient (Wildman–Crippen LogP) is 2.94. The minimum absolute atomic E-state index is 0.0801. The van der Waals surface area contributed by atoms with Crippen molar-refractivity contribution in [2.75, 3.05) is 11.4 Å². The molecule has 0 aliphatic rings. The first kappa shape index (κ1) is 15.2. The van der Waals surface area contributed by atoms with E-state index in [-0.39, 0.29) is 18.2 Å². The van der Waals surface area contributed by atoms with Gasteiger partial charge in [0.25, 0.3) is 5.69 Å². The Morgan fingerprint density at radius 1 is 1.58 bits per heavy atom. The molecule has 7 heteroatoms. The summed E-state index contributed by atoms with van der Waals surface area (Å²) in [5, 5.41) is 20.2. The third-order valence-electron chi connectivity index (χ3n) is 2.79. The quantitative estimate of drug-likeness (QED) is 0.642. The molecule has 1 N–H and O–H groups in total. The summed E-state index contributed by atoms with van der Waals surface area (Å²) < 4.78 is 0. The minimum atomic E-state index is -0.948.